The number of hydrogen-bond acceptors (Lipinski definition) is 2. The summed E-state index contributed by atoms with van der Waals surface area (Å²) in [5, 5.41) is 6.97. The molecule has 1 aromatic rings. The van der Waals surface area contributed by atoms with Gasteiger partial charge in [-0.3, -0.25) is 0 Å². The largest absolute Gasteiger partial charge is 0.313 e. The van der Waals surface area contributed by atoms with Crippen LogP contribution >= 0.6 is 22.6 Å². The van der Waals surface area contributed by atoms with Crippen LogP contribution in [0.15, 0.2) is 24.3 Å². The van der Waals surface area contributed by atoms with Crippen LogP contribution in [-0.2, 0) is 6.54 Å². The second-order valence-corrected chi connectivity index (χ2v) is 6.46. The highest BCUT2D eigenvalue weighted by Gasteiger charge is 2.06. The van der Waals surface area contributed by atoms with Crippen molar-refractivity contribution in [3.8, 4) is 0 Å². The van der Waals surface area contributed by atoms with Crippen LogP contribution in [0.4, 0.5) is 0 Å². The van der Waals surface area contributed by atoms with Crippen molar-refractivity contribution in [2.75, 3.05) is 13.1 Å². The Morgan fingerprint density at radius 3 is 2.47 bits per heavy atom. The Balaban J connectivity index is 2.11. The van der Waals surface area contributed by atoms with E-state index >= 15 is 0 Å². The Morgan fingerprint density at radius 1 is 1.12 bits per heavy atom. The van der Waals surface area contributed by atoms with Gasteiger partial charge in [0.1, 0.15) is 0 Å². The molecule has 0 bridgehead atoms. The number of rotatable bonds is 6. The van der Waals surface area contributed by atoms with E-state index in [1.54, 1.807) is 0 Å². The average Bonchev–Trinajstić information content (AvgIpc) is 2.24. The zero-order chi connectivity index (χ0) is 12.7. The molecule has 0 saturated carbocycles. The molecule has 0 spiro atoms. The topological polar surface area (TPSA) is 24.1 Å². The maximum atomic E-state index is 3.49. The van der Waals surface area contributed by atoms with Crippen molar-refractivity contribution in [1.82, 2.24) is 10.6 Å². The van der Waals surface area contributed by atoms with Crippen molar-refractivity contribution >= 4 is 22.6 Å². The van der Waals surface area contributed by atoms with Crippen molar-refractivity contribution in [2.45, 2.75) is 39.3 Å². The van der Waals surface area contributed by atoms with Crippen LogP contribution in [0, 0.1) is 3.57 Å². The lowest BCUT2D eigenvalue weighted by atomic mass is 10.1. The molecule has 0 aliphatic rings. The number of halogens is 1. The summed E-state index contributed by atoms with van der Waals surface area (Å²) in [5.74, 6) is 0. The minimum Gasteiger partial charge on any atom is -0.313 e. The summed E-state index contributed by atoms with van der Waals surface area (Å²) < 4.78 is 1.34. The summed E-state index contributed by atoms with van der Waals surface area (Å²) in [4.78, 5) is 0. The molecule has 96 valence electrons. The van der Waals surface area contributed by atoms with Gasteiger partial charge in [0.15, 0.2) is 0 Å². The van der Waals surface area contributed by atoms with Crippen LogP contribution in [-0.4, -0.2) is 18.6 Å². The first kappa shape index (κ1) is 14.9. The zero-order valence-corrected chi connectivity index (χ0v) is 13.2. The van der Waals surface area contributed by atoms with Crippen molar-refractivity contribution in [1.29, 1.82) is 0 Å². The molecule has 0 aliphatic heterocycles. The van der Waals surface area contributed by atoms with Gasteiger partial charge in [-0.1, -0.05) is 18.2 Å². The van der Waals surface area contributed by atoms with Crippen molar-refractivity contribution in [3.05, 3.63) is 33.4 Å². The predicted molar refractivity (Wildman–Crippen MR) is 83.2 cm³/mol. The minimum absolute atomic E-state index is 0.231. The molecule has 2 N–H and O–H groups in total. The van der Waals surface area contributed by atoms with E-state index in [1.807, 2.05) is 0 Å². The predicted octanol–water partition coefficient (Wildman–Crippen LogP) is 3.16. The molecule has 0 heterocycles. The molecule has 2 nitrogen and oxygen atoms in total. The van der Waals surface area contributed by atoms with Gasteiger partial charge in [-0.15, -0.1) is 0 Å². The van der Waals surface area contributed by atoms with Crippen LogP contribution in [0.1, 0.15) is 32.8 Å². The van der Waals surface area contributed by atoms with E-state index in [0.29, 0.717) is 0 Å². The molecule has 17 heavy (non-hydrogen) atoms. The van der Waals surface area contributed by atoms with E-state index in [2.05, 4.69) is 78.3 Å². The lowest BCUT2D eigenvalue weighted by Gasteiger charge is -2.20. The van der Waals surface area contributed by atoms with Gasteiger partial charge in [0, 0.05) is 15.7 Å². The third kappa shape index (κ3) is 7.01. The van der Waals surface area contributed by atoms with Gasteiger partial charge >= 0.3 is 0 Å². The summed E-state index contributed by atoms with van der Waals surface area (Å²) >= 11 is 2.39. The highest BCUT2D eigenvalue weighted by Crippen LogP contribution is 2.10. The summed E-state index contributed by atoms with van der Waals surface area (Å²) in [7, 11) is 0. The molecule has 0 fully saturated rings. The molecule has 0 atom stereocenters. The molecular weight excluding hydrogens is 323 g/mol. The van der Waals surface area contributed by atoms with Gasteiger partial charge in [0.2, 0.25) is 0 Å². The van der Waals surface area contributed by atoms with Gasteiger partial charge in [-0.25, -0.2) is 0 Å². The Bertz CT molecular complexity index is 331. The summed E-state index contributed by atoms with van der Waals surface area (Å²) in [5.41, 5.74) is 1.62. The molecule has 0 amide bonds. The van der Waals surface area contributed by atoms with Crippen LogP contribution < -0.4 is 10.6 Å². The third-order valence-corrected chi connectivity index (χ3v) is 3.51. The molecule has 0 unspecified atom stereocenters. The standard InChI is InChI=1S/C14H23IN2/c1-14(2,3)17-10-6-9-16-11-12-7-4-5-8-13(12)15/h4-5,7-8,16-17H,6,9-11H2,1-3H3. The number of hydrogen-bond donors (Lipinski definition) is 2. The van der Waals surface area contributed by atoms with E-state index in [9.17, 15) is 0 Å². The fourth-order valence-corrected chi connectivity index (χ4v) is 2.12. The first-order chi connectivity index (χ1) is 7.99. The smallest absolute Gasteiger partial charge is 0.0216 e. The lowest BCUT2D eigenvalue weighted by Crippen LogP contribution is -2.37. The molecule has 0 saturated heterocycles. The molecule has 0 aliphatic carbocycles. The first-order valence-electron chi connectivity index (χ1n) is 6.18. The summed E-state index contributed by atoms with van der Waals surface area (Å²) in [6, 6.07) is 8.51. The number of benzene rings is 1. The summed E-state index contributed by atoms with van der Waals surface area (Å²) in [6.07, 6.45) is 1.17. The van der Waals surface area contributed by atoms with E-state index < -0.39 is 0 Å². The third-order valence-electron chi connectivity index (χ3n) is 2.46. The molecule has 3 heteroatoms. The quantitative estimate of drug-likeness (QED) is 0.611. The van der Waals surface area contributed by atoms with Crippen LogP contribution in [0.2, 0.25) is 0 Å². The van der Waals surface area contributed by atoms with E-state index in [-0.39, 0.29) is 5.54 Å². The fraction of sp³-hybridized carbons (Fsp3) is 0.571. The van der Waals surface area contributed by atoms with Gasteiger partial charge in [-0.05, 0) is 74.5 Å². The Labute approximate surface area is 119 Å². The van der Waals surface area contributed by atoms with Gasteiger partial charge in [-0.2, -0.15) is 0 Å². The SMILES string of the molecule is CC(C)(C)NCCCNCc1ccccc1I. The first-order valence-corrected chi connectivity index (χ1v) is 7.26. The molecule has 1 aromatic carbocycles. The minimum atomic E-state index is 0.231. The maximum absolute atomic E-state index is 3.49. The Kier molecular flexibility index (Phi) is 6.44. The second kappa shape index (κ2) is 7.34. The average molecular weight is 346 g/mol. The van der Waals surface area contributed by atoms with Crippen molar-refractivity contribution < 1.29 is 0 Å². The molecule has 0 aromatic heterocycles. The second-order valence-electron chi connectivity index (χ2n) is 5.30. The van der Waals surface area contributed by atoms with E-state index in [1.165, 1.54) is 15.6 Å². The Morgan fingerprint density at radius 2 is 1.82 bits per heavy atom. The number of nitrogens with one attached hydrogen (secondary N) is 2. The molecular formula is C14H23IN2. The lowest BCUT2D eigenvalue weighted by molar-refractivity contribution is 0.418. The van der Waals surface area contributed by atoms with E-state index in [4.69, 9.17) is 0 Å². The maximum Gasteiger partial charge on any atom is 0.0216 e. The van der Waals surface area contributed by atoms with Crippen molar-refractivity contribution in [3.63, 3.8) is 0 Å². The zero-order valence-electron chi connectivity index (χ0n) is 11.0. The Hall–Kier alpha value is -0.130. The normalized spacial score (nSPS) is 11.8. The van der Waals surface area contributed by atoms with Crippen LogP contribution in [0.3, 0.4) is 0 Å². The monoisotopic (exact) mass is 346 g/mol. The van der Waals surface area contributed by atoms with Gasteiger partial charge in [0.25, 0.3) is 0 Å². The van der Waals surface area contributed by atoms with Gasteiger partial charge < -0.3 is 10.6 Å². The van der Waals surface area contributed by atoms with Crippen molar-refractivity contribution in [2.24, 2.45) is 0 Å². The summed E-state index contributed by atoms with van der Waals surface area (Å²) in [6.45, 7) is 9.71. The molecule has 0 radical (unpaired) electrons. The highest BCUT2D eigenvalue weighted by molar-refractivity contribution is 14.1. The van der Waals surface area contributed by atoms with E-state index in [0.717, 1.165) is 19.6 Å². The molecule has 1 rings (SSSR count). The fourth-order valence-electron chi connectivity index (χ4n) is 1.54. The van der Waals surface area contributed by atoms with Crippen LogP contribution in [0.25, 0.3) is 0 Å². The van der Waals surface area contributed by atoms with Crippen LogP contribution in [0.5, 0.6) is 0 Å². The van der Waals surface area contributed by atoms with Gasteiger partial charge in [0.05, 0.1) is 0 Å². The highest BCUT2D eigenvalue weighted by atomic mass is 127.